The van der Waals surface area contributed by atoms with Gasteiger partial charge in [0.15, 0.2) is 0 Å². The van der Waals surface area contributed by atoms with Crippen molar-refractivity contribution in [3.8, 4) is 0 Å². The van der Waals surface area contributed by atoms with Crippen molar-refractivity contribution in [1.29, 1.82) is 0 Å². The van der Waals surface area contributed by atoms with Gasteiger partial charge in [0.25, 0.3) is 11.1 Å². The zero-order valence-electron chi connectivity index (χ0n) is 10.7. The molecule has 0 spiro atoms. The zero-order valence-corrected chi connectivity index (χ0v) is 11.5. The number of benzene rings is 1. The van der Waals surface area contributed by atoms with E-state index in [9.17, 15) is 14.4 Å². The predicted octanol–water partition coefficient (Wildman–Crippen LogP) is 1.50. The summed E-state index contributed by atoms with van der Waals surface area (Å²) in [6, 6.07) is 8.15. The molecule has 2 heterocycles. The summed E-state index contributed by atoms with van der Waals surface area (Å²) in [4.78, 5) is 35.6. The smallest absolute Gasteiger partial charge is 0.346 e. The van der Waals surface area contributed by atoms with Gasteiger partial charge in [-0.15, -0.1) is 11.3 Å². The summed E-state index contributed by atoms with van der Waals surface area (Å²) in [6.45, 7) is 0.0179. The van der Waals surface area contributed by atoms with Crippen LogP contribution in [0.25, 0.3) is 10.8 Å². The first-order valence-electron chi connectivity index (χ1n) is 6.09. The number of fused-ring (bicyclic) bond motifs is 1. The number of carboxylic acids is 1. The van der Waals surface area contributed by atoms with Gasteiger partial charge in [-0.1, -0.05) is 12.1 Å². The van der Waals surface area contributed by atoms with E-state index in [1.807, 2.05) is 0 Å². The number of carbonyl (C=O) groups is 1. The second-order valence-corrected chi connectivity index (χ2v) is 5.37. The molecule has 0 aliphatic heterocycles. The molecular weight excluding hydrogens is 292 g/mol. The Morgan fingerprint density at radius 3 is 2.62 bits per heavy atom. The number of thiophene rings is 1. The summed E-state index contributed by atoms with van der Waals surface area (Å²) in [6.07, 6.45) is 0. The van der Waals surface area contributed by atoms with Gasteiger partial charge < -0.3 is 5.11 Å². The molecule has 0 saturated carbocycles. The highest BCUT2D eigenvalue weighted by Gasteiger charge is 2.14. The molecular formula is C14H10N2O4S. The zero-order chi connectivity index (χ0) is 15.0. The van der Waals surface area contributed by atoms with Crippen LogP contribution < -0.4 is 11.1 Å². The van der Waals surface area contributed by atoms with Crippen LogP contribution in [0.5, 0.6) is 0 Å². The number of nitrogens with one attached hydrogen (secondary N) is 1. The third-order valence-electron chi connectivity index (χ3n) is 3.15. The number of nitrogens with zero attached hydrogens (tertiary/aromatic N) is 1. The van der Waals surface area contributed by atoms with Gasteiger partial charge in [0.2, 0.25) is 0 Å². The lowest BCUT2D eigenvalue weighted by Gasteiger charge is -2.06. The fourth-order valence-corrected chi connectivity index (χ4v) is 2.93. The molecule has 2 N–H and O–H groups in total. The molecule has 0 unspecified atom stereocenters. The Bertz CT molecular complexity index is 951. The summed E-state index contributed by atoms with van der Waals surface area (Å²) < 4.78 is 1.14. The van der Waals surface area contributed by atoms with E-state index in [4.69, 9.17) is 5.11 Å². The molecule has 2 aromatic heterocycles. The van der Waals surface area contributed by atoms with Crippen molar-refractivity contribution < 1.29 is 9.90 Å². The van der Waals surface area contributed by atoms with Gasteiger partial charge in [0.05, 0.1) is 17.3 Å². The Kier molecular flexibility index (Phi) is 3.19. The van der Waals surface area contributed by atoms with E-state index in [2.05, 4.69) is 5.10 Å². The van der Waals surface area contributed by atoms with Crippen molar-refractivity contribution in [2.24, 2.45) is 0 Å². The molecule has 0 saturated heterocycles. The van der Waals surface area contributed by atoms with Crippen LogP contribution >= 0.6 is 11.3 Å². The number of aromatic nitrogens is 2. The molecule has 0 aliphatic carbocycles. The average molecular weight is 302 g/mol. The van der Waals surface area contributed by atoms with Gasteiger partial charge in [-0.05, 0) is 29.1 Å². The van der Waals surface area contributed by atoms with E-state index in [1.165, 1.54) is 0 Å². The minimum atomic E-state index is -1.05. The van der Waals surface area contributed by atoms with Gasteiger partial charge >= 0.3 is 5.97 Å². The van der Waals surface area contributed by atoms with E-state index in [1.54, 1.807) is 35.7 Å². The van der Waals surface area contributed by atoms with E-state index in [0.717, 1.165) is 16.0 Å². The van der Waals surface area contributed by atoms with Gasteiger partial charge in [0, 0.05) is 0 Å². The Morgan fingerprint density at radius 2 is 1.90 bits per heavy atom. The van der Waals surface area contributed by atoms with E-state index in [-0.39, 0.29) is 22.5 Å². The molecule has 3 aromatic rings. The Labute approximate surface area is 121 Å². The number of carboxylic acid groups (broad SMARTS) is 1. The van der Waals surface area contributed by atoms with Crippen molar-refractivity contribution in [2.45, 2.75) is 6.54 Å². The molecule has 0 bridgehead atoms. The van der Waals surface area contributed by atoms with Crippen LogP contribution in [0.4, 0.5) is 0 Å². The number of hydrogen-bond acceptors (Lipinski definition) is 4. The molecule has 6 nitrogen and oxygen atoms in total. The van der Waals surface area contributed by atoms with Crippen LogP contribution in [0.1, 0.15) is 15.2 Å². The Hall–Kier alpha value is -2.67. The van der Waals surface area contributed by atoms with Gasteiger partial charge in [-0.25, -0.2) is 9.48 Å². The lowest BCUT2D eigenvalue weighted by Crippen LogP contribution is -2.30. The summed E-state index contributed by atoms with van der Waals surface area (Å²) in [7, 11) is 0. The topological polar surface area (TPSA) is 92.2 Å². The minimum absolute atomic E-state index is 0.0179. The van der Waals surface area contributed by atoms with Gasteiger partial charge in [-0.3, -0.25) is 14.7 Å². The highest BCUT2D eigenvalue weighted by Crippen LogP contribution is 2.17. The van der Waals surface area contributed by atoms with Gasteiger partial charge in [-0.2, -0.15) is 0 Å². The number of aromatic amines is 1. The fraction of sp³-hybridized carbons (Fsp3) is 0.0714. The third kappa shape index (κ3) is 2.27. The van der Waals surface area contributed by atoms with Crippen LogP contribution in [0.15, 0.2) is 45.3 Å². The molecule has 7 heteroatoms. The molecule has 0 fully saturated rings. The maximum Gasteiger partial charge on any atom is 0.346 e. The maximum atomic E-state index is 12.3. The van der Waals surface area contributed by atoms with E-state index < -0.39 is 5.97 Å². The molecule has 1 aromatic carbocycles. The first kappa shape index (κ1) is 13.3. The second kappa shape index (κ2) is 5.02. The van der Waals surface area contributed by atoms with Crippen LogP contribution in [0.3, 0.4) is 0 Å². The summed E-state index contributed by atoms with van der Waals surface area (Å²) >= 11 is 1.08. The standard InChI is InChI=1S/C14H10N2O4S/c17-12-9-3-1-2-4-10(9)13(18)16(15-12)7-8-5-6-21-11(8)14(19)20/h1-6H,7H2,(H,15,17)(H,19,20). The minimum Gasteiger partial charge on any atom is -0.477 e. The van der Waals surface area contributed by atoms with Crippen LogP contribution in [-0.2, 0) is 6.54 Å². The molecule has 0 radical (unpaired) electrons. The molecule has 0 amide bonds. The van der Waals surface area contributed by atoms with Crippen molar-refractivity contribution in [3.63, 3.8) is 0 Å². The largest absolute Gasteiger partial charge is 0.477 e. The summed E-state index contributed by atoms with van der Waals surface area (Å²) in [5, 5.41) is 13.8. The predicted molar refractivity (Wildman–Crippen MR) is 79.2 cm³/mol. The number of aromatic carboxylic acids is 1. The molecule has 3 rings (SSSR count). The highest BCUT2D eigenvalue weighted by molar-refractivity contribution is 7.12. The summed E-state index contributed by atoms with van der Waals surface area (Å²) in [5.74, 6) is -1.05. The fourth-order valence-electron chi connectivity index (χ4n) is 2.18. The van der Waals surface area contributed by atoms with Crippen LogP contribution in [0, 0.1) is 0 Å². The van der Waals surface area contributed by atoms with E-state index in [0.29, 0.717) is 16.3 Å². The third-order valence-corrected chi connectivity index (χ3v) is 4.10. The first-order valence-corrected chi connectivity index (χ1v) is 6.97. The Morgan fingerprint density at radius 1 is 1.19 bits per heavy atom. The molecule has 21 heavy (non-hydrogen) atoms. The normalized spacial score (nSPS) is 10.9. The van der Waals surface area contributed by atoms with Crippen LogP contribution in [-0.4, -0.2) is 20.9 Å². The first-order chi connectivity index (χ1) is 10.1. The maximum absolute atomic E-state index is 12.3. The monoisotopic (exact) mass is 302 g/mol. The van der Waals surface area contributed by atoms with Crippen molar-refractivity contribution in [2.75, 3.05) is 0 Å². The average Bonchev–Trinajstić information content (AvgIpc) is 2.93. The van der Waals surface area contributed by atoms with Gasteiger partial charge in [0.1, 0.15) is 4.88 Å². The SMILES string of the molecule is O=C(O)c1sccc1Cn1[nH]c(=O)c2ccccc2c1=O. The lowest BCUT2D eigenvalue weighted by molar-refractivity contribution is 0.0701. The number of rotatable bonds is 3. The Balaban J connectivity index is 2.16. The molecule has 0 aliphatic rings. The molecule has 0 atom stereocenters. The highest BCUT2D eigenvalue weighted by atomic mass is 32.1. The van der Waals surface area contributed by atoms with Crippen molar-refractivity contribution >= 4 is 28.1 Å². The number of H-pyrrole nitrogens is 1. The van der Waals surface area contributed by atoms with Crippen molar-refractivity contribution in [3.05, 3.63) is 66.9 Å². The van der Waals surface area contributed by atoms with E-state index >= 15 is 0 Å². The second-order valence-electron chi connectivity index (χ2n) is 4.46. The lowest BCUT2D eigenvalue weighted by atomic mass is 10.2. The van der Waals surface area contributed by atoms with Crippen LogP contribution in [0.2, 0.25) is 0 Å². The molecule has 106 valence electrons. The quantitative estimate of drug-likeness (QED) is 0.767. The number of hydrogen-bond donors (Lipinski definition) is 2. The van der Waals surface area contributed by atoms with Crippen molar-refractivity contribution in [1.82, 2.24) is 9.78 Å². The summed E-state index contributed by atoms with van der Waals surface area (Å²) in [5.41, 5.74) is -0.245.